The quantitative estimate of drug-likeness (QED) is 0.747. The van der Waals surface area contributed by atoms with Crippen molar-refractivity contribution in [3.8, 4) is 5.75 Å². The summed E-state index contributed by atoms with van der Waals surface area (Å²) in [5, 5.41) is 9.50. The zero-order valence-corrected chi connectivity index (χ0v) is 8.87. The number of carbonyl (C=O) groups is 1. The topological polar surface area (TPSA) is 37.3 Å². The van der Waals surface area contributed by atoms with E-state index in [1.54, 1.807) is 18.2 Å². The van der Waals surface area contributed by atoms with E-state index < -0.39 is 0 Å². The number of aromatic hydroxyl groups is 1. The minimum Gasteiger partial charge on any atom is -0.507 e. The summed E-state index contributed by atoms with van der Waals surface area (Å²) in [6.45, 7) is 5.89. The van der Waals surface area contributed by atoms with Crippen molar-refractivity contribution in [1.82, 2.24) is 0 Å². The van der Waals surface area contributed by atoms with Crippen LogP contribution >= 0.6 is 0 Å². The van der Waals surface area contributed by atoms with Gasteiger partial charge in [-0.15, -0.1) is 0 Å². The highest BCUT2D eigenvalue weighted by molar-refractivity contribution is 5.98. The zero-order chi connectivity index (χ0) is 10.7. The second-order valence-corrected chi connectivity index (χ2v) is 4.04. The average Bonchev–Trinajstić information content (AvgIpc) is 2.08. The van der Waals surface area contributed by atoms with Crippen LogP contribution in [0.25, 0.3) is 0 Å². The predicted molar refractivity (Wildman–Crippen MR) is 56.6 cm³/mol. The summed E-state index contributed by atoms with van der Waals surface area (Å²) in [7, 11) is 0. The molecule has 0 amide bonds. The Labute approximate surface area is 84.6 Å². The third kappa shape index (κ3) is 2.59. The zero-order valence-electron chi connectivity index (χ0n) is 8.87. The van der Waals surface area contributed by atoms with Crippen molar-refractivity contribution in [2.45, 2.75) is 27.2 Å². The Morgan fingerprint density at radius 3 is 2.64 bits per heavy atom. The number of rotatable bonds is 3. The van der Waals surface area contributed by atoms with Crippen molar-refractivity contribution in [2.24, 2.45) is 5.92 Å². The van der Waals surface area contributed by atoms with Gasteiger partial charge in [-0.25, -0.2) is 0 Å². The fraction of sp³-hybridized carbons (Fsp3) is 0.417. The fourth-order valence-corrected chi connectivity index (χ4v) is 1.35. The van der Waals surface area contributed by atoms with Crippen LogP contribution < -0.4 is 0 Å². The van der Waals surface area contributed by atoms with Crippen LogP contribution in [-0.4, -0.2) is 10.9 Å². The Morgan fingerprint density at radius 2 is 2.07 bits per heavy atom. The molecule has 0 saturated carbocycles. The van der Waals surface area contributed by atoms with Gasteiger partial charge in [-0.2, -0.15) is 0 Å². The Bertz CT molecular complexity index is 340. The lowest BCUT2D eigenvalue weighted by atomic mass is 9.99. The van der Waals surface area contributed by atoms with Gasteiger partial charge in [-0.1, -0.05) is 25.5 Å². The van der Waals surface area contributed by atoms with Crippen molar-refractivity contribution in [1.29, 1.82) is 0 Å². The van der Waals surface area contributed by atoms with Gasteiger partial charge < -0.3 is 5.11 Å². The number of phenols is 1. The summed E-state index contributed by atoms with van der Waals surface area (Å²) in [5.74, 6) is 0.421. The van der Waals surface area contributed by atoms with Gasteiger partial charge in [0.05, 0.1) is 5.56 Å². The molecule has 0 aliphatic rings. The molecule has 1 N–H and O–H groups in total. The summed E-state index contributed by atoms with van der Waals surface area (Å²) >= 11 is 0. The minimum atomic E-state index is 0.0150. The number of benzene rings is 1. The third-order valence-electron chi connectivity index (χ3n) is 2.05. The number of aryl methyl sites for hydroxylation is 1. The molecule has 1 rings (SSSR count). The van der Waals surface area contributed by atoms with Gasteiger partial charge in [-0.3, -0.25) is 4.79 Å². The monoisotopic (exact) mass is 192 g/mol. The fourth-order valence-electron chi connectivity index (χ4n) is 1.35. The summed E-state index contributed by atoms with van der Waals surface area (Å²) in [4.78, 5) is 11.7. The average molecular weight is 192 g/mol. The molecular formula is C12H16O2. The van der Waals surface area contributed by atoms with Gasteiger partial charge in [0.1, 0.15) is 5.75 Å². The maximum Gasteiger partial charge on any atom is 0.166 e. The van der Waals surface area contributed by atoms with E-state index in [4.69, 9.17) is 0 Å². The van der Waals surface area contributed by atoms with Crippen molar-refractivity contribution >= 4 is 5.78 Å². The highest BCUT2D eigenvalue weighted by Crippen LogP contribution is 2.21. The number of hydrogen-bond acceptors (Lipinski definition) is 2. The Morgan fingerprint density at radius 1 is 1.43 bits per heavy atom. The van der Waals surface area contributed by atoms with Crippen LogP contribution in [-0.2, 0) is 0 Å². The molecule has 76 valence electrons. The molecule has 14 heavy (non-hydrogen) atoms. The lowest BCUT2D eigenvalue weighted by Crippen LogP contribution is -2.04. The molecule has 1 aromatic carbocycles. The Hall–Kier alpha value is -1.31. The van der Waals surface area contributed by atoms with E-state index in [1.165, 1.54) is 0 Å². The molecule has 0 atom stereocenters. The van der Waals surface area contributed by atoms with Crippen molar-refractivity contribution in [3.05, 3.63) is 29.3 Å². The summed E-state index contributed by atoms with van der Waals surface area (Å²) in [5.41, 5.74) is 1.44. The van der Waals surface area contributed by atoms with E-state index in [2.05, 4.69) is 0 Å². The molecule has 1 aromatic rings. The van der Waals surface area contributed by atoms with Crippen molar-refractivity contribution in [3.63, 3.8) is 0 Å². The van der Waals surface area contributed by atoms with E-state index in [0.717, 1.165) is 5.56 Å². The molecule has 0 radical (unpaired) electrons. The maximum atomic E-state index is 11.7. The van der Waals surface area contributed by atoms with Crippen molar-refractivity contribution < 1.29 is 9.90 Å². The maximum absolute atomic E-state index is 11.7. The summed E-state index contributed by atoms with van der Waals surface area (Å²) in [6.07, 6.45) is 0.483. The summed E-state index contributed by atoms with van der Waals surface area (Å²) in [6, 6.07) is 5.10. The molecular weight excluding hydrogens is 176 g/mol. The van der Waals surface area contributed by atoms with Crippen LogP contribution in [0.5, 0.6) is 5.75 Å². The van der Waals surface area contributed by atoms with E-state index in [-0.39, 0.29) is 11.5 Å². The van der Waals surface area contributed by atoms with E-state index in [0.29, 0.717) is 17.9 Å². The van der Waals surface area contributed by atoms with Gasteiger partial charge in [0.15, 0.2) is 5.78 Å². The van der Waals surface area contributed by atoms with E-state index in [9.17, 15) is 9.90 Å². The first kappa shape index (κ1) is 10.8. The smallest absolute Gasteiger partial charge is 0.166 e. The Balaban J connectivity index is 2.94. The normalized spacial score (nSPS) is 10.6. The van der Waals surface area contributed by atoms with Crippen LogP contribution in [0.15, 0.2) is 18.2 Å². The van der Waals surface area contributed by atoms with Crippen LogP contribution in [0.3, 0.4) is 0 Å². The molecule has 0 saturated heterocycles. The minimum absolute atomic E-state index is 0.0150. The number of ketones is 1. The third-order valence-corrected chi connectivity index (χ3v) is 2.05. The molecule has 0 fully saturated rings. The largest absolute Gasteiger partial charge is 0.507 e. The first-order valence-electron chi connectivity index (χ1n) is 4.83. The van der Waals surface area contributed by atoms with Gasteiger partial charge in [0.25, 0.3) is 0 Å². The highest BCUT2D eigenvalue weighted by atomic mass is 16.3. The first-order valence-corrected chi connectivity index (χ1v) is 4.83. The molecule has 0 spiro atoms. The molecule has 2 nitrogen and oxygen atoms in total. The van der Waals surface area contributed by atoms with E-state index >= 15 is 0 Å². The van der Waals surface area contributed by atoms with Crippen LogP contribution in [0.4, 0.5) is 0 Å². The lowest BCUT2D eigenvalue weighted by Gasteiger charge is -2.06. The van der Waals surface area contributed by atoms with Gasteiger partial charge in [0.2, 0.25) is 0 Å². The van der Waals surface area contributed by atoms with Crippen molar-refractivity contribution in [2.75, 3.05) is 0 Å². The van der Waals surface area contributed by atoms with Gasteiger partial charge >= 0.3 is 0 Å². The second kappa shape index (κ2) is 4.27. The second-order valence-electron chi connectivity index (χ2n) is 4.04. The number of hydrogen-bond donors (Lipinski definition) is 1. The van der Waals surface area contributed by atoms with Crippen LogP contribution in [0, 0.1) is 12.8 Å². The number of Topliss-reactive ketones (excluding diaryl/α,β-unsaturated/α-hetero) is 1. The molecule has 0 aliphatic heterocycles. The van der Waals surface area contributed by atoms with Gasteiger partial charge in [-0.05, 0) is 25.0 Å². The van der Waals surface area contributed by atoms with Crippen LogP contribution in [0.1, 0.15) is 36.2 Å². The molecule has 2 heteroatoms. The first-order chi connectivity index (χ1) is 6.50. The SMILES string of the molecule is Cc1ccc(O)c(C(=O)CC(C)C)c1. The molecule has 0 aliphatic carbocycles. The molecule has 0 heterocycles. The highest BCUT2D eigenvalue weighted by Gasteiger charge is 2.12. The summed E-state index contributed by atoms with van der Waals surface area (Å²) < 4.78 is 0. The number of carbonyl (C=O) groups excluding carboxylic acids is 1. The molecule has 0 aromatic heterocycles. The lowest BCUT2D eigenvalue weighted by molar-refractivity contribution is 0.0965. The predicted octanol–water partition coefficient (Wildman–Crippen LogP) is 2.93. The molecule has 0 bridgehead atoms. The van der Waals surface area contributed by atoms with Gasteiger partial charge in [0, 0.05) is 6.42 Å². The number of phenolic OH excluding ortho intramolecular Hbond substituents is 1. The van der Waals surface area contributed by atoms with Crippen LogP contribution in [0.2, 0.25) is 0 Å². The Kier molecular flexibility index (Phi) is 3.28. The standard InChI is InChI=1S/C12H16O2/c1-8(2)6-12(14)10-7-9(3)4-5-11(10)13/h4-5,7-8,13H,6H2,1-3H3. The van der Waals surface area contributed by atoms with E-state index in [1.807, 2.05) is 20.8 Å². The molecule has 0 unspecified atom stereocenters.